The Kier molecular flexibility index (Phi) is 5.32. The standard InChI is InChI=1S/C23H31N5O/c1-17-21(18-8-6-5-7-9-18)22-24-19(23(2,3)4)16-20(28(22)25-17)27-12-10-26(11-13-27)14-15-29/h5-9,16,29H,10-15H2,1-4H3/p+1. The number of hydrogen-bond acceptors (Lipinski definition) is 4. The number of hydrogen-bond donors (Lipinski definition) is 2. The Bertz CT molecular complexity index is 982. The molecule has 0 radical (unpaired) electrons. The molecule has 0 amide bonds. The molecule has 2 N–H and O–H groups in total. The summed E-state index contributed by atoms with van der Waals surface area (Å²) in [5.74, 6) is 1.12. The van der Waals surface area contributed by atoms with Crippen LogP contribution < -0.4 is 9.80 Å². The van der Waals surface area contributed by atoms with Crippen molar-refractivity contribution in [1.82, 2.24) is 14.6 Å². The fourth-order valence-electron chi connectivity index (χ4n) is 4.12. The van der Waals surface area contributed by atoms with Crippen molar-refractivity contribution >= 4 is 11.5 Å². The van der Waals surface area contributed by atoms with Gasteiger partial charge in [-0.1, -0.05) is 51.1 Å². The van der Waals surface area contributed by atoms with Gasteiger partial charge < -0.3 is 14.9 Å². The van der Waals surface area contributed by atoms with E-state index in [2.05, 4.69) is 62.9 Å². The molecule has 0 bridgehead atoms. The molecule has 3 aromatic rings. The van der Waals surface area contributed by atoms with E-state index >= 15 is 0 Å². The minimum atomic E-state index is -0.0490. The van der Waals surface area contributed by atoms with Gasteiger partial charge in [-0.2, -0.15) is 9.61 Å². The van der Waals surface area contributed by atoms with E-state index < -0.39 is 0 Å². The lowest BCUT2D eigenvalue weighted by Crippen LogP contribution is -3.15. The number of piperazine rings is 1. The Hall–Kier alpha value is -2.44. The van der Waals surface area contributed by atoms with E-state index in [0.717, 1.165) is 66.7 Å². The number of rotatable bonds is 4. The highest BCUT2D eigenvalue weighted by atomic mass is 16.3. The zero-order chi connectivity index (χ0) is 20.6. The van der Waals surface area contributed by atoms with Crippen molar-refractivity contribution in [3.8, 4) is 11.1 Å². The first kappa shape index (κ1) is 19.9. The highest BCUT2D eigenvalue weighted by Crippen LogP contribution is 2.32. The third-order valence-electron chi connectivity index (χ3n) is 5.84. The molecule has 1 aliphatic rings. The number of aryl methyl sites for hydroxylation is 1. The number of aromatic nitrogens is 3. The predicted molar refractivity (Wildman–Crippen MR) is 117 cm³/mol. The SMILES string of the molecule is Cc1nn2c(N3CC[NH+](CCO)CC3)cc(C(C)(C)C)nc2c1-c1ccccc1. The Morgan fingerprint density at radius 3 is 2.41 bits per heavy atom. The number of aliphatic hydroxyl groups is 1. The molecule has 0 aliphatic carbocycles. The van der Waals surface area contributed by atoms with E-state index in [0.29, 0.717) is 0 Å². The number of quaternary nitrogens is 1. The maximum absolute atomic E-state index is 9.25. The number of fused-ring (bicyclic) bond motifs is 1. The molecule has 4 rings (SSSR count). The van der Waals surface area contributed by atoms with Crippen LogP contribution in [0.5, 0.6) is 0 Å². The highest BCUT2D eigenvalue weighted by molar-refractivity contribution is 5.81. The molecule has 2 aromatic heterocycles. The van der Waals surface area contributed by atoms with Gasteiger partial charge in [0.2, 0.25) is 0 Å². The molecule has 154 valence electrons. The average molecular weight is 395 g/mol. The molecule has 1 fully saturated rings. The van der Waals surface area contributed by atoms with Crippen LogP contribution in [0.3, 0.4) is 0 Å². The molecule has 29 heavy (non-hydrogen) atoms. The Balaban J connectivity index is 1.84. The van der Waals surface area contributed by atoms with Gasteiger partial charge in [-0.05, 0) is 12.5 Å². The van der Waals surface area contributed by atoms with Gasteiger partial charge in [0.1, 0.15) is 12.4 Å². The fraction of sp³-hybridized carbons (Fsp3) is 0.478. The molecule has 6 heteroatoms. The predicted octanol–water partition coefficient (Wildman–Crippen LogP) is 1.70. The van der Waals surface area contributed by atoms with Crippen LogP contribution in [-0.2, 0) is 5.41 Å². The van der Waals surface area contributed by atoms with Crippen LogP contribution in [0.2, 0.25) is 0 Å². The molecule has 3 heterocycles. The van der Waals surface area contributed by atoms with Crippen molar-refractivity contribution in [1.29, 1.82) is 0 Å². The lowest BCUT2D eigenvalue weighted by molar-refractivity contribution is -0.900. The molecule has 0 atom stereocenters. The number of anilines is 1. The molecule has 1 aromatic carbocycles. The summed E-state index contributed by atoms with van der Waals surface area (Å²) < 4.78 is 2.03. The summed E-state index contributed by atoms with van der Waals surface area (Å²) in [7, 11) is 0. The second-order valence-electron chi connectivity index (χ2n) is 9.02. The van der Waals surface area contributed by atoms with Crippen LogP contribution in [0, 0.1) is 6.92 Å². The third-order valence-corrected chi connectivity index (χ3v) is 5.84. The van der Waals surface area contributed by atoms with E-state index in [4.69, 9.17) is 10.1 Å². The van der Waals surface area contributed by atoms with Crippen molar-refractivity contribution in [3.05, 3.63) is 47.8 Å². The van der Waals surface area contributed by atoms with Gasteiger partial charge in [0.15, 0.2) is 5.65 Å². The first-order valence-corrected chi connectivity index (χ1v) is 10.5. The summed E-state index contributed by atoms with van der Waals surface area (Å²) in [5.41, 5.74) is 5.24. The van der Waals surface area contributed by atoms with E-state index in [-0.39, 0.29) is 12.0 Å². The van der Waals surface area contributed by atoms with Crippen LogP contribution in [0.1, 0.15) is 32.2 Å². The lowest BCUT2D eigenvalue weighted by Gasteiger charge is -2.34. The monoisotopic (exact) mass is 394 g/mol. The van der Waals surface area contributed by atoms with Crippen LogP contribution >= 0.6 is 0 Å². The van der Waals surface area contributed by atoms with Gasteiger partial charge in [0, 0.05) is 17.0 Å². The number of aliphatic hydroxyl groups excluding tert-OH is 1. The molecule has 1 saturated heterocycles. The van der Waals surface area contributed by atoms with Crippen LogP contribution in [0.15, 0.2) is 36.4 Å². The summed E-state index contributed by atoms with van der Waals surface area (Å²) >= 11 is 0. The van der Waals surface area contributed by atoms with E-state index in [1.165, 1.54) is 4.90 Å². The summed E-state index contributed by atoms with van der Waals surface area (Å²) in [6.45, 7) is 13.8. The molecule has 1 aliphatic heterocycles. The zero-order valence-electron chi connectivity index (χ0n) is 17.9. The smallest absolute Gasteiger partial charge is 0.165 e. The zero-order valence-corrected chi connectivity index (χ0v) is 17.9. The van der Waals surface area contributed by atoms with Crippen LogP contribution in [-0.4, -0.2) is 59.0 Å². The normalized spacial score (nSPS) is 16.0. The minimum absolute atomic E-state index is 0.0490. The molecule has 0 spiro atoms. The number of nitrogens with zero attached hydrogens (tertiary/aromatic N) is 4. The van der Waals surface area contributed by atoms with Crippen LogP contribution in [0.4, 0.5) is 5.82 Å². The van der Waals surface area contributed by atoms with E-state index in [1.54, 1.807) is 0 Å². The largest absolute Gasteiger partial charge is 0.391 e. The molecule has 6 nitrogen and oxygen atoms in total. The van der Waals surface area contributed by atoms with Crippen molar-refractivity contribution in [2.45, 2.75) is 33.1 Å². The Labute approximate surface area is 172 Å². The van der Waals surface area contributed by atoms with Crippen LogP contribution in [0.25, 0.3) is 16.8 Å². The quantitative estimate of drug-likeness (QED) is 0.707. The Morgan fingerprint density at radius 1 is 1.10 bits per heavy atom. The summed E-state index contributed by atoms with van der Waals surface area (Å²) in [4.78, 5) is 8.97. The van der Waals surface area contributed by atoms with Crippen molar-refractivity contribution in [2.24, 2.45) is 0 Å². The number of benzene rings is 1. The summed E-state index contributed by atoms with van der Waals surface area (Å²) in [6, 6.07) is 12.6. The van der Waals surface area contributed by atoms with E-state index in [1.807, 2.05) is 10.6 Å². The van der Waals surface area contributed by atoms with Gasteiger partial charge in [-0.3, -0.25) is 0 Å². The fourth-order valence-corrected chi connectivity index (χ4v) is 4.12. The Morgan fingerprint density at radius 2 is 1.79 bits per heavy atom. The van der Waals surface area contributed by atoms with E-state index in [9.17, 15) is 5.11 Å². The summed E-state index contributed by atoms with van der Waals surface area (Å²) in [6.07, 6.45) is 0. The number of nitrogens with one attached hydrogen (secondary N) is 1. The minimum Gasteiger partial charge on any atom is -0.391 e. The van der Waals surface area contributed by atoms with Crippen molar-refractivity contribution in [2.75, 3.05) is 44.2 Å². The molecular weight excluding hydrogens is 362 g/mol. The van der Waals surface area contributed by atoms with Gasteiger partial charge in [0.05, 0.1) is 44.2 Å². The first-order valence-electron chi connectivity index (χ1n) is 10.5. The molecule has 0 saturated carbocycles. The topological polar surface area (TPSA) is 58.1 Å². The van der Waals surface area contributed by atoms with Gasteiger partial charge in [0.25, 0.3) is 0 Å². The average Bonchev–Trinajstić information content (AvgIpc) is 3.04. The van der Waals surface area contributed by atoms with Crippen molar-refractivity contribution < 1.29 is 10.0 Å². The third kappa shape index (κ3) is 3.87. The highest BCUT2D eigenvalue weighted by Gasteiger charge is 2.27. The first-order chi connectivity index (χ1) is 13.9. The van der Waals surface area contributed by atoms with Gasteiger partial charge in [-0.25, -0.2) is 4.98 Å². The summed E-state index contributed by atoms with van der Waals surface area (Å²) in [5, 5.41) is 14.2. The van der Waals surface area contributed by atoms with Gasteiger partial charge >= 0.3 is 0 Å². The molecule has 0 unspecified atom stereocenters. The molecular formula is C23H32N5O+. The maximum atomic E-state index is 9.25. The van der Waals surface area contributed by atoms with Gasteiger partial charge in [-0.15, -0.1) is 0 Å². The maximum Gasteiger partial charge on any atom is 0.165 e. The second-order valence-corrected chi connectivity index (χ2v) is 9.02. The van der Waals surface area contributed by atoms with Crippen molar-refractivity contribution in [3.63, 3.8) is 0 Å². The second kappa shape index (κ2) is 7.76. The lowest BCUT2D eigenvalue weighted by atomic mass is 9.91.